The summed E-state index contributed by atoms with van der Waals surface area (Å²) in [6, 6.07) is 13.0. The number of hydrogen-bond donors (Lipinski definition) is 2. The van der Waals surface area contributed by atoms with Crippen LogP contribution in [-0.4, -0.2) is 17.6 Å². The molecule has 0 radical (unpaired) electrons. The lowest BCUT2D eigenvalue weighted by Gasteiger charge is -2.13. The van der Waals surface area contributed by atoms with Crippen LogP contribution in [0.2, 0.25) is 0 Å². The molecular weight excluding hydrogens is 278 g/mol. The number of rotatable bonds is 6. The standard InChI is InChI=1S/C18H21NO3/c1-3-15-8-4-6-13(2)18(15)19-17(21)12-22-16-9-5-7-14(10-16)11-20/h4-10,20H,3,11-12H2,1-2H3,(H,19,21). The van der Waals surface area contributed by atoms with E-state index in [-0.39, 0.29) is 19.1 Å². The zero-order valence-electron chi connectivity index (χ0n) is 12.9. The van der Waals surface area contributed by atoms with E-state index in [9.17, 15) is 4.79 Å². The molecule has 0 heterocycles. The highest BCUT2D eigenvalue weighted by molar-refractivity contribution is 5.93. The molecule has 4 heteroatoms. The number of amides is 1. The van der Waals surface area contributed by atoms with Gasteiger partial charge in [0.15, 0.2) is 6.61 Å². The van der Waals surface area contributed by atoms with Gasteiger partial charge in [0.1, 0.15) is 5.75 Å². The second-order valence-electron chi connectivity index (χ2n) is 5.10. The molecule has 0 aliphatic heterocycles. The molecule has 0 saturated carbocycles. The molecule has 1 amide bonds. The average Bonchev–Trinajstić information content (AvgIpc) is 2.55. The Hall–Kier alpha value is -2.33. The minimum Gasteiger partial charge on any atom is -0.484 e. The predicted octanol–water partition coefficient (Wildman–Crippen LogP) is 3.07. The number of nitrogens with one attached hydrogen (secondary N) is 1. The zero-order valence-corrected chi connectivity index (χ0v) is 12.9. The van der Waals surface area contributed by atoms with Crippen molar-refractivity contribution in [2.75, 3.05) is 11.9 Å². The zero-order chi connectivity index (χ0) is 15.9. The van der Waals surface area contributed by atoms with Crippen molar-refractivity contribution in [3.63, 3.8) is 0 Å². The van der Waals surface area contributed by atoms with Gasteiger partial charge in [-0.05, 0) is 42.2 Å². The van der Waals surface area contributed by atoms with E-state index in [0.29, 0.717) is 5.75 Å². The maximum Gasteiger partial charge on any atom is 0.262 e. The van der Waals surface area contributed by atoms with E-state index in [1.54, 1.807) is 24.3 Å². The minimum atomic E-state index is -0.196. The monoisotopic (exact) mass is 299 g/mol. The second kappa shape index (κ2) is 7.61. The van der Waals surface area contributed by atoms with Gasteiger partial charge in [0.25, 0.3) is 5.91 Å². The summed E-state index contributed by atoms with van der Waals surface area (Å²) in [6.45, 7) is 3.92. The third-order valence-corrected chi connectivity index (χ3v) is 3.46. The summed E-state index contributed by atoms with van der Waals surface area (Å²) in [5, 5.41) is 12.0. The molecule has 0 bridgehead atoms. The molecule has 0 unspecified atom stereocenters. The van der Waals surface area contributed by atoms with E-state index in [4.69, 9.17) is 9.84 Å². The number of benzene rings is 2. The summed E-state index contributed by atoms with van der Waals surface area (Å²) in [5.74, 6) is 0.376. The van der Waals surface area contributed by atoms with Crippen LogP contribution >= 0.6 is 0 Å². The molecule has 0 saturated heterocycles. The van der Waals surface area contributed by atoms with Gasteiger partial charge in [-0.3, -0.25) is 4.79 Å². The molecule has 116 valence electrons. The van der Waals surface area contributed by atoms with Crippen molar-refractivity contribution in [2.45, 2.75) is 26.9 Å². The van der Waals surface area contributed by atoms with Gasteiger partial charge in [-0.2, -0.15) is 0 Å². The Morgan fingerprint density at radius 2 is 2.00 bits per heavy atom. The van der Waals surface area contributed by atoms with Crippen molar-refractivity contribution in [3.8, 4) is 5.75 Å². The number of anilines is 1. The lowest BCUT2D eigenvalue weighted by Crippen LogP contribution is -2.21. The van der Waals surface area contributed by atoms with Gasteiger partial charge in [-0.1, -0.05) is 37.3 Å². The summed E-state index contributed by atoms with van der Waals surface area (Å²) >= 11 is 0. The first kappa shape index (κ1) is 16.0. The van der Waals surface area contributed by atoms with Crippen LogP contribution in [0.5, 0.6) is 5.75 Å². The maximum absolute atomic E-state index is 12.1. The minimum absolute atomic E-state index is 0.0491. The van der Waals surface area contributed by atoms with E-state index in [0.717, 1.165) is 28.8 Å². The van der Waals surface area contributed by atoms with Gasteiger partial charge < -0.3 is 15.2 Å². The van der Waals surface area contributed by atoms with Crippen LogP contribution < -0.4 is 10.1 Å². The molecule has 2 aromatic carbocycles. The van der Waals surface area contributed by atoms with E-state index >= 15 is 0 Å². The second-order valence-corrected chi connectivity index (χ2v) is 5.10. The fourth-order valence-corrected chi connectivity index (χ4v) is 2.26. The normalized spacial score (nSPS) is 10.3. The Labute approximate surface area is 130 Å². The van der Waals surface area contributed by atoms with Gasteiger partial charge in [0.05, 0.1) is 6.61 Å². The van der Waals surface area contributed by atoms with E-state index in [1.165, 1.54) is 0 Å². The lowest BCUT2D eigenvalue weighted by atomic mass is 10.1. The Morgan fingerprint density at radius 3 is 2.73 bits per heavy atom. The molecule has 2 aromatic rings. The Morgan fingerprint density at radius 1 is 1.23 bits per heavy atom. The first-order valence-electron chi connectivity index (χ1n) is 7.35. The van der Waals surface area contributed by atoms with Crippen LogP contribution in [0.25, 0.3) is 0 Å². The number of para-hydroxylation sites is 1. The Balaban J connectivity index is 1.99. The van der Waals surface area contributed by atoms with Crippen LogP contribution in [0.3, 0.4) is 0 Å². The van der Waals surface area contributed by atoms with Gasteiger partial charge in [0.2, 0.25) is 0 Å². The quantitative estimate of drug-likeness (QED) is 0.862. The smallest absolute Gasteiger partial charge is 0.262 e. The molecule has 0 atom stereocenters. The van der Waals surface area contributed by atoms with Crippen LogP contribution in [0, 0.1) is 6.92 Å². The van der Waals surface area contributed by atoms with Gasteiger partial charge in [-0.25, -0.2) is 0 Å². The molecule has 0 aliphatic carbocycles. The van der Waals surface area contributed by atoms with Crippen molar-refractivity contribution in [1.82, 2.24) is 0 Å². The third kappa shape index (κ3) is 4.09. The topological polar surface area (TPSA) is 58.6 Å². The first-order chi connectivity index (χ1) is 10.6. The van der Waals surface area contributed by atoms with Gasteiger partial charge in [-0.15, -0.1) is 0 Å². The number of aliphatic hydroxyl groups is 1. The van der Waals surface area contributed by atoms with E-state index in [2.05, 4.69) is 12.2 Å². The molecule has 0 fully saturated rings. The van der Waals surface area contributed by atoms with Gasteiger partial charge >= 0.3 is 0 Å². The van der Waals surface area contributed by atoms with Crippen LogP contribution in [0.4, 0.5) is 5.69 Å². The highest BCUT2D eigenvalue weighted by Crippen LogP contribution is 2.21. The van der Waals surface area contributed by atoms with Crippen molar-refractivity contribution in [3.05, 3.63) is 59.2 Å². The van der Waals surface area contributed by atoms with E-state index in [1.807, 2.05) is 25.1 Å². The molecule has 2 N–H and O–H groups in total. The summed E-state index contributed by atoms with van der Waals surface area (Å²) in [5.41, 5.74) is 3.76. The first-order valence-corrected chi connectivity index (χ1v) is 7.35. The molecule has 2 rings (SSSR count). The van der Waals surface area contributed by atoms with Crippen LogP contribution in [0.15, 0.2) is 42.5 Å². The molecule has 0 aliphatic rings. The SMILES string of the molecule is CCc1cccc(C)c1NC(=O)COc1cccc(CO)c1. The number of carbonyl (C=O) groups is 1. The van der Waals surface area contributed by atoms with Crippen molar-refractivity contribution < 1.29 is 14.6 Å². The lowest BCUT2D eigenvalue weighted by molar-refractivity contribution is -0.118. The molecular formula is C18H21NO3. The fraction of sp³-hybridized carbons (Fsp3) is 0.278. The predicted molar refractivity (Wildman–Crippen MR) is 87.0 cm³/mol. The molecule has 22 heavy (non-hydrogen) atoms. The summed E-state index contributed by atoms with van der Waals surface area (Å²) < 4.78 is 5.47. The Bertz CT molecular complexity index is 653. The molecule has 0 spiro atoms. The highest BCUT2D eigenvalue weighted by Gasteiger charge is 2.09. The fourth-order valence-electron chi connectivity index (χ4n) is 2.26. The number of aryl methyl sites for hydroxylation is 2. The summed E-state index contributed by atoms with van der Waals surface area (Å²) in [4.78, 5) is 12.1. The number of aliphatic hydroxyl groups excluding tert-OH is 1. The number of carbonyl (C=O) groups excluding carboxylic acids is 1. The largest absolute Gasteiger partial charge is 0.484 e. The average molecular weight is 299 g/mol. The van der Waals surface area contributed by atoms with Gasteiger partial charge in [0, 0.05) is 5.69 Å². The van der Waals surface area contributed by atoms with Crippen molar-refractivity contribution in [2.24, 2.45) is 0 Å². The summed E-state index contributed by atoms with van der Waals surface area (Å²) in [7, 11) is 0. The van der Waals surface area contributed by atoms with E-state index < -0.39 is 0 Å². The van der Waals surface area contributed by atoms with Crippen molar-refractivity contribution >= 4 is 11.6 Å². The molecule has 4 nitrogen and oxygen atoms in total. The third-order valence-electron chi connectivity index (χ3n) is 3.46. The van der Waals surface area contributed by atoms with Crippen LogP contribution in [-0.2, 0) is 17.8 Å². The highest BCUT2D eigenvalue weighted by atomic mass is 16.5. The summed E-state index contributed by atoms with van der Waals surface area (Å²) in [6.07, 6.45) is 0.858. The molecule has 0 aromatic heterocycles. The number of hydrogen-bond acceptors (Lipinski definition) is 3. The van der Waals surface area contributed by atoms with Crippen LogP contribution in [0.1, 0.15) is 23.6 Å². The van der Waals surface area contributed by atoms with Crippen molar-refractivity contribution in [1.29, 1.82) is 0 Å². The maximum atomic E-state index is 12.1. The number of ether oxygens (including phenoxy) is 1. The Kier molecular flexibility index (Phi) is 5.55.